The first-order chi connectivity index (χ1) is 9.01. The Kier molecular flexibility index (Phi) is 4.91. The number of ether oxygens (including phenoxy) is 1. The predicted octanol–water partition coefficient (Wildman–Crippen LogP) is 4.56. The van der Waals surface area contributed by atoms with Gasteiger partial charge < -0.3 is 9.84 Å². The summed E-state index contributed by atoms with van der Waals surface area (Å²) in [5.74, 6) is 2.51. The topological polar surface area (TPSA) is 29.5 Å². The molecule has 1 aromatic carbocycles. The molecule has 0 saturated heterocycles. The first-order valence-corrected chi connectivity index (χ1v) is 7.82. The van der Waals surface area contributed by atoms with E-state index in [0.29, 0.717) is 17.8 Å². The van der Waals surface area contributed by atoms with Gasteiger partial charge in [0.1, 0.15) is 5.75 Å². The molecule has 1 fully saturated rings. The lowest BCUT2D eigenvalue weighted by Gasteiger charge is -2.34. The van der Waals surface area contributed by atoms with E-state index < -0.39 is 6.10 Å². The smallest absolute Gasteiger partial charge is 0.124 e. The van der Waals surface area contributed by atoms with E-state index in [1.54, 1.807) is 7.11 Å². The molecule has 1 aromatic rings. The molecule has 0 aliphatic heterocycles. The average molecular weight is 327 g/mol. The summed E-state index contributed by atoms with van der Waals surface area (Å²) in [5, 5.41) is 10.7. The van der Waals surface area contributed by atoms with Crippen molar-refractivity contribution < 1.29 is 9.84 Å². The second-order valence-electron chi connectivity index (χ2n) is 6.01. The van der Waals surface area contributed by atoms with E-state index in [-0.39, 0.29) is 0 Å². The molecule has 2 rings (SSSR count). The third-order valence-corrected chi connectivity index (χ3v) is 4.67. The van der Waals surface area contributed by atoms with E-state index >= 15 is 0 Å². The lowest BCUT2D eigenvalue weighted by molar-refractivity contribution is 0.0534. The van der Waals surface area contributed by atoms with E-state index in [2.05, 4.69) is 29.8 Å². The molecular formula is C16H23BrO2. The van der Waals surface area contributed by atoms with Gasteiger partial charge in [-0.05, 0) is 55.2 Å². The van der Waals surface area contributed by atoms with Gasteiger partial charge in [0.05, 0.1) is 13.2 Å². The van der Waals surface area contributed by atoms with Crippen molar-refractivity contribution in [3.05, 3.63) is 28.2 Å². The predicted molar refractivity (Wildman–Crippen MR) is 81.3 cm³/mol. The number of rotatable bonds is 3. The fraction of sp³-hybridized carbons (Fsp3) is 0.625. The average Bonchev–Trinajstić information content (AvgIpc) is 2.36. The minimum absolute atomic E-state index is 0.335. The third kappa shape index (κ3) is 3.51. The standard InChI is InChI=1S/C16H23BrO2/c1-10-6-11(2)8-12(7-10)16(18)14-9-13(17)4-5-15(14)19-3/h4-5,9-12,16,18H,6-8H2,1-3H3. The molecule has 0 aromatic heterocycles. The van der Waals surface area contributed by atoms with Crippen LogP contribution >= 0.6 is 15.9 Å². The highest BCUT2D eigenvalue weighted by Crippen LogP contribution is 2.42. The molecule has 0 amide bonds. The van der Waals surface area contributed by atoms with E-state index in [9.17, 15) is 5.11 Å². The van der Waals surface area contributed by atoms with Crippen LogP contribution in [0.15, 0.2) is 22.7 Å². The molecule has 1 saturated carbocycles. The molecule has 106 valence electrons. The van der Waals surface area contributed by atoms with Crippen molar-refractivity contribution in [2.75, 3.05) is 7.11 Å². The van der Waals surface area contributed by atoms with Gasteiger partial charge in [0.15, 0.2) is 0 Å². The highest BCUT2D eigenvalue weighted by molar-refractivity contribution is 9.10. The fourth-order valence-corrected chi connectivity index (χ4v) is 3.84. The molecule has 0 spiro atoms. The summed E-state index contributed by atoms with van der Waals surface area (Å²) in [7, 11) is 1.66. The molecule has 1 N–H and O–H groups in total. The SMILES string of the molecule is COc1ccc(Br)cc1C(O)C1CC(C)CC(C)C1. The van der Waals surface area contributed by atoms with Gasteiger partial charge in [0, 0.05) is 10.0 Å². The lowest BCUT2D eigenvalue weighted by atomic mass is 9.73. The number of hydrogen-bond donors (Lipinski definition) is 1. The summed E-state index contributed by atoms with van der Waals surface area (Å²) in [6.45, 7) is 4.57. The van der Waals surface area contributed by atoms with Crippen LogP contribution in [-0.2, 0) is 0 Å². The maximum absolute atomic E-state index is 10.7. The number of halogens is 1. The number of methoxy groups -OCH3 is 1. The minimum atomic E-state index is -0.433. The molecule has 3 heteroatoms. The van der Waals surface area contributed by atoms with Crippen LogP contribution < -0.4 is 4.74 Å². The van der Waals surface area contributed by atoms with Crippen molar-refractivity contribution in [3.63, 3.8) is 0 Å². The van der Waals surface area contributed by atoms with Crippen molar-refractivity contribution in [3.8, 4) is 5.75 Å². The van der Waals surface area contributed by atoms with E-state index in [1.807, 2.05) is 18.2 Å². The summed E-state index contributed by atoms with van der Waals surface area (Å²) in [5.41, 5.74) is 0.906. The zero-order chi connectivity index (χ0) is 14.0. The summed E-state index contributed by atoms with van der Waals surface area (Å²) >= 11 is 3.47. The summed E-state index contributed by atoms with van der Waals surface area (Å²) in [6.07, 6.45) is 3.04. The fourth-order valence-electron chi connectivity index (χ4n) is 3.46. The van der Waals surface area contributed by atoms with E-state index in [1.165, 1.54) is 6.42 Å². The van der Waals surface area contributed by atoms with Gasteiger partial charge >= 0.3 is 0 Å². The lowest BCUT2D eigenvalue weighted by Crippen LogP contribution is -2.25. The minimum Gasteiger partial charge on any atom is -0.496 e. The number of aliphatic hydroxyl groups excluding tert-OH is 1. The number of aliphatic hydroxyl groups is 1. The molecule has 1 aliphatic rings. The zero-order valence-electron chi connectivity index (χ0n) is 11.9. The van der Waals surface area contributed by atoms with Gasteiger partial charge in [-0.2, -0.15) is 0 Å². The second kappa shape index (κ2) is 6.27. The quantitative estimate of drug-likeness (QED) is 0.882. The Hall–Kier alpha value is -0.540. The van der Waals surface area contributed by atoms with Crippen molar-refractivity contribution in [2.24, 2.45) is 17.8 Å². The molecule has 1 aliphatic carbocycles. The molecule has 0 bridgehead atoms. The molecule has 3 atom stereocenters. The summed E-state index contributed by atoms with van der Waals surface area (Å²) < 4.78 is 6.37. The van der Waals surface area contributed by atoms with Crippen LogP contribution in [0.2, 0.25) is 0 Å². The highest BCUT2D eigenvalue weighted by atomic mass is 79.9. The Morgan fingerprint density at radius 2 is 1.84 bits per heavy atom. The van der Waals surface area contributed by atoms with Crippen molar-refractivity contribution in [2.45, 2.75) is 39.2 Å². The highest BCUT2D eigenvalue weighted by Gasteiger charge is 2.31. The van der Waals surface area contributed by atoms with Gasteiger partial charge in [-0.25, -0.2) is 0 Å². The van der Waals surface area contributed by atoms with Crippen LogP contribution in [-0.4, -0.2) is 12.2 Å². The molecular weight excluding hydrogens is 304 g/mol. The maximum atomic E-state index is 10.7. The van der Waals surface area contributed by atoms with Crippen molar-refractivity contribution >= 4 is 15.9 Å². The van der Waals surface area contributed by atoms with E-state index in [4.69, 9.17) is 4.74 Å². The zero-order valence-corrected chi connectivity index (χ0v) is 13.5. The van der Waals surface area contributed by atoms with Crippen molar-refractivity contribution in [1.29, 1.82) is 0 Å². The monoisotopic (exact) mass is 326 g/mol. The van der Waals surface area contributed by atoms with Crippen LogP contribution in [0.5, 0.6) is 5.75 Å². The molecule has 3 unspecified atom stereocenters. The molecule has 2 nitrogen and oxygen atoms in total. The van der Waals surface area contributed by atoms with Gasteiger partial charge in [-0.1, -0.05) is 29.8 Å². The number of hydrogen-bond acceptors (Lipinski definition) is 2. The molecule has 19 heavy (non-hydrogen) atoms. The van der Waals surface area contributed by atoms with Gasteiger partial charge in [0.2, 0.25) is 0 Å². The largest absolute Gasteiger partial charge is 0.496 e. The second-order valence-corrected chi connectivity index (χ2v) is 6.92. The summed E-state index contributed by atoms with van der Waals surface area (Å²) in [4.78, 5) is 0. The van der Waals surface area contributed by atoms with Crippen LogP contribution in [0.25, 0.3) is 0 Å². The Bertz CT molecular complexity index is 423. The Labute approximate surface area is 124 Å². The Morgan fingerprint density at radius 1 is 1.21 bits per heavy atom. The van der Waals surface area contributed by atoms with Gasteiger partial charge in [-0.15, -0.1) is 0 Å². The molecule has 0 heterocycles. The Balaban J connectivity index is 2.23. The first-order valence-electron chi connectivity index (χ1n) is 7.02. The van der Waals surface area contributed by atoms with E-state index in [0.717, 1.165) is 28.6 Å². The molecule has 0 radical (unpaired) electrons. The van der Waals surface area contributed by atoms with Crippen LogP contribution in [0.4, 0.5) is 0 Å². The van der Waals surface area contributed by atoms with Crippen LogP contribution in [0.3, 0.4) is 0 Å². The third-order valence-electron chi connectivity index (χ3n) is 4.17. The van der Waals surface area contributed by atoms with Crippen LogP contribution in [0, 0.1) is 17.8 Å². The van der Waals surface area contributed by atoms with Gasteiger partial charge in [0.25, 0.3) is 0 Å². The first kappa shape index (κ1) is 14.9. The van der Waals surface area contributed by atoms with Crippen LogP contribution in [0.1, 0.15) is 44.8 Å². The van der Waals surface area contributed by atoms with Gasteiger partial charge in [-0.3, -0.25) is 0 Å². The normalized spacial score (nSPS) is 29.0. The maximum Gasteiger partial charge on any atom is 0.124 e. The number of benzene rings is 1. The Morgan fingerprint density at radius 3 is 2.42 bits per heavy atom. The summed E-state index contributed by atoms with van der Waals surface area (Å²) in [6, 6.07) is 5.84. The van der Waals surface area contributed by atoms with Crippen molar-refractivity contribution in [1.82, 2.24) is 0 Å².